The molecule has 0 saturated carbocycles. The van der Waals surface area contributed by atoms with E-state index < -0.39 is 16.1 Å². The van der Waals surface area contributed by atoms with Crippen LogP contribution in [0, 0.1) is 13.8 Å². The number of carbonyl (C=O) groups is 1. The maximum absolute atomic E-state index is 12.8. The van der Waals surface area contributed by atoms with Gasteiger partial charge in [0.15, 0.2) is 4.34 Å². The maximum atomic E-state index is 12.8. The number of thioether (sulfide) groups is 1. The molecule has 8 nitrogen and oxygen atoms in total. The van der Waals surface area contributed by atoms with Crippen LogP contribution < -0.4 is 9.62 Å². The van der Waals surface area contributed by atoms with Gasteiger partial charge in [0.25, 0.3) is 0 Å². The van der Waals surface area contributed by atoms with E-state index in [-0.39, 0.29) is 6.54 Å². The second-order valence-corrected chi connectivity index (χ2v) is 10.7. The van der Waals surface area contributed by atoms with Crippen LogP contribution in [0.2, 0.25) is 0 Å². The number of aromatic nitrogens is 2. The summed E-state index contributed by atoms with van der Waals surface area (Å²) in [5.74, 6) is 0.443. The van der Waals surface area contributed by atoms with E-state index in [0.717, 1.165) is 36.3 Å². The topological polar surface area (TPSA) is 95.5 Å². The molecule has 11 heteroatoms. The van der Waals surface area contributed by atoms with Crippen molar-refractivity contribution in [1.29, 1.82) is 0 Å². The zero-order valence-corrected chi connectivity index (χ0v) is 19.0. The summed E-state index contributed by atoms with van der Waals surface area (Å²) in [7, 11) is -0.981. The van der Waals surface area contributed by atoms with E-state index in [1.807, 2.05) is 26.0 Å². The highest BCUT2D eigenvalue weighted by molar-refractivity contribution is 8.01. The van der Waals surface area contributed by atoms with E-state index in [9.17, 15) is 13.2 Å². The van der Waals surface area contributed by atoms with Crippen molar-refractivity contribution in [3.05, 3.63) is 29.3 Å². The molecule has 0 aliphatic rings. The van der Waals surface area contributed by atoms with Crippen molar-refractivity contribution in [3.8, 4) is 0 Å². The fourth-order valence-electron chi connectivity index (χ4n) is 2.27. The number of carbonyl (C=O) groups excluding carboxylic acids is 1. The average Bonchev–Trinajstić information content (AvgIpc) is 3.07. The molecule has 0 fully saturated rings. The minimum Gasteiger partial charge on any atom is -0.299 e. The summed E-state index contributed by atoms with van der Waals surface area (Å²) < 4.78 is 28.7. The molecule has 0 bridgehead atoms. The van der Waals surface area contributed by atoms with Crippen LogP contribution in [-0.4, -0.2) is 55.2 Å². The normalized spacial score (nSPS) is 11.6. The molecule has 1 aromatic carbocycles. The Morgan fingerprint density at radius 3 is 2.61 bits per heavy atom. The molecular weight excluding hydrogens is 418 g/mol. The number of hydrogen-bond acceptors (Lipinski definition) is 7. The molecule has 0 atom stereocenters. The van der Waals surface area contributed by atoms with E-state index in [0.29, 0.717) is 10.8 Å². The molecule has 0 saturated heterocycles. The molecule has 0 aliphatic carbocycles. The van der Waals surface area contributed by atoms with Gasteiger partial charge in [0.2, 0.25) is 11.0 Å². The Kier molecular flexibility index (Phi) is 7.81. The smallest absolute Gasteiger partial charge is 0.299 e. The molecule has 1 amide bonds. The van der Waals surface area contributed by atoms with Crippen molar-refractivity contribution in [1.82, 2.24) is 14.5 Å². The third-order valence-electron chi connectivity index (χ3n) is 3.74. The summed E-state index contributed by atoms with van der Waals surface area (Å²) in [6.45, 7) is 5.40. The van der Waals surface area contributed by atoms with Crippen molar-refractivity contribution < 1.29 is 13.2 Å². The lowest BCUT2D eigenvalue weighted by atomic mass is 10.1. The summed E-state index contributed by atoms with van der Waals surface area (Å²) in [4.78, 5) is 12.6. The second-order valence-electron chi connectivity index (χ2n) is 6.36. The van der Waals surface area contributed by atoms with Crippen molar-refractivity contribution in [3.63, 3.8) is 0 Å². The minimum atomic E-state index is -3.86. The van der Waals surface area contributed by atoms with Crippen LogP contribution in [0.25, 0.3) is 0 Å². The average molecular weight is 444 g/mol. The van der Waals surface area contributed by atoms with Crippen LogP contribution in [0.4, 0.5) is 10.8 Å². The first-order chi connectivity index (χ1) is 13.1. The van der Waals surface area contributed by atoms with Crippen molar-refractivity contribution in [2.24, 2.45) is 0 Å². The lowest BCUT2D eigenvalue weighted by Gasteiger charge is -2.28. The highest BCUT2D eigenvalue weighted by Gasteiger charge is 2.28. The third-order valence-corrected chi connectivity index (χ3v) is 7.73. The molecule has 154 valence electrons. The number of hydrogen-bond donors (Lipinski definition) is 1. The fourth-order valence-corrected chi connectivity index (χ4v) is 5.09. The number of benzene rings is 1. The Labute approximate surface area is 174 Å². The number of nitrogens with zero attached hydrogens (tertiary/aromatic N) is 4. The molecular formula is C17H25N5O3S3. The van der Waals surface area contributed by atoms with Gasteiger partial charge in [0.05, 0.1) is 5.69 Å². The summed E-state index contributed by atoms with van der Waals surface area (Å²) in [6.07, 6.45) is 1.01. The van der Waals surface area contributed by atoms with Gasteiger partial charge < -0.3 is 0 Å². The highest BCUT2D eigenvalue weighted by atomic mass is 32.2. The Hall–Kier alpha value is -1.69. The van der Waals surface area contributed by atoms with Crippen molar-refractivity contribution >= 4 is 50.0 Å². The van der Waals surface area contributed by atoms with Gasteiger partial charge in [0, 0.05) is 19.8 Å². The number of aryl methyl sites for hydroxylation is 2. The second kappa shape index (κ2) is 9.68. The monoisotopic (exact) mass is 443 g/mol. The van der Waals surface area contributed by atoms with Gasteiger partial charge in [-0.15, -0.1) is 10.2 Å². The van der Waals surface area contributed by atoms with Gasteiger partial charge in [-0.2, -0.15) is 12.7 Å². The molecule has 0 aliphatic heterocycles. The van der Waals surface area contributed by atoms with Gasteiger partial charge in [-0.3, -0.25) is 10.1 Å². The predicted molar refractivity (Wildman–Crippen MR) is 115 cm³/mol. The molecule has 1 aromatic heterocycles. The van der Waals surface area contributed by atoms with Crippen LogP contribution in [0.1, 0.15) is 24.5 Å². The first-order valence-corrected chi connectivity index (χ1v) is 11.9. The molecule has 1 N–H and O–H groups in total. The predicted octanol–water partition coefficient (Wildman–Crippen LogP) is 2.91. The Morgan fingerprint density at radius 1 is 1.25 bits per heavy atom. The van der Waals surface area contributed by atoms with E-state index >= 15 is 0 Å². The van der Waals surface area contributed by atoms with Crippen molar-refractivity contribution in [2.75, 3.05) is 36.0 Å². The van der Waals surface area contributed by atoms with Gasteiger partial charge >= 0.3 is 10.2 Å². The maximum Gasteiger partial charge on any atom is 0.304 e. The first kappa shape index (κ1) is 22.6. The molecule has 0 radical (unpaired) electrons. The summed E-state index contributed by atoms with van der Waals surface area (Å²) in [5, 5.41) is 11.0. The number of nitrogens with one attached hydrogen (secondary N) is 1. The quantitative estimate of drug-likeness (QED) is 0.473. The molecule has 0 spiro atoms. The van der Waals surface area contributed by atoms with Crippen LogP contribution in [0.5, 0.6) is 0 Å². The lowest BCUT2D eigenvalue weighted by molar-refractivity contribution is -0.114. The first-order valence-electron chi connectivity index (χ1n) is 8.68. The number of anilines is 2. The third kappa shape index (κ3) is 5.66. The van der Waals surface area contributed by atoms with E-state index in [2.05, 4.69) is 22.4 Å². The standard InChI is InChI=1S/C17H25N5O3S3/c1-6-9-26-17-20-19-16(27-17)18-15(23)11-22(28(24,25)21(4)5)14-10-12(2)7-8-13(14)3/h7-8,10H,6,9,11H2,1-5H3,(H,18,19,23). The highest BCUT2D eigenvalue weighted by Crippen LogP contribution is 2.27. The van der Waals surface area contributed by atoms with Crippen LogP contribution in [0.15, 0.2) is 22.5 Å². The van der Waals surface area contributed by atoms with Crippen LogP contribution >= 0.6 is 23.1 Å². The van der Waals surface area contributed by atoms with E-state index in [4.69, 9.17) is 0 Å². The number of rotatable bonds is 9. The Morgan fingerprint density at radius 2 is 1.96 bits per heavy atom. The number of amides is 1. The minimum absolute atomic E-state index is 0.353. The molecule has 1 heterocycles. The summed E-state index contributed by atoms with van der Waals surface area (Å²) in [5.41, 5.74) is 2.14. The molecule has 2 aromatic rings. The van der Waals surface area contributed by atoms with Crippen LogP contribution in [0.3, 0.4) is 0 Å². The van der Waals surface area contributed by atoms with Gasteiger partial charge in [-0.1, -0.05) is 42.2 Å². The van der Waals surface area contributed by atoms with E-state index in [1.165, 1.54) is 25.4 Å². The van der Waals surface area contributed by atoms with Crippen LogP contribution in [-0.2, 0) is 15.0 Å². The van der Waals surface area contributed by atoms with E-state index in [1.54, 1.807) is 17.8 Å². The molecule has 2 rings (SSSR count). The molecule has 0 unspecified atom stereocenters. The Bertz CT molecular complexity index is 928. The largest absolute Gasteiger partial charge is 0.304 e. The van der Waals surface area contributed by atoms with Gasteiger partial charge in [-0.05, 0) is 37.5 Å². The molecule has 28 heavy (non-hydrogen) atoms. The Balaban J connectivity index is 2.24. The summed E-state index contributed by atoms with van der Waals surface area (Å²) >= 11 is 2.85. The summed E-state index contributed by atoms with van der Waals surface area (Å²) in [6, 6.07) is 5.49. The fraction of sp³-hybridized carbons (Fsp3) is 0.471. The SMILES string of the molecule is CCCSc1nnc(NC(=O)CN(c2cc(C)ccc2C)S(=O)(=O)N(C)C)s1. The van der Waals surface area contributed by atoms with Crippen molar-refractivity contribution in [2.45, 2.75) is 31.5 Å². The lowest BCUT2D eigenvalue weighted by Crippen LogP contribution is -2.44. The van der Waals surface area contributed by atoms with Gasteiger partial charge in [-0.25, -0.2) is 4.31 Å². The van der Waals surface area contributed by atoms with Gasteiger partial charge in [0.1, 0.15) is 6.54 Å². The zero-order valence-electron chi connectivity index (χ0n) is 16.6. The zero-order chi connectivity index (χ0) is 20.9.